The Bertz CT molecular complexity index is 389. The number of H-pyrrole nitrogens is 1. The number of fused-ring (bicyclic) bond motifs is 1. The second-order valence-corrected chi connectivity index (χ2v) is 2.54. The average molecular weight is 147 g/mol. The quantitative estimate of drug-likeness (QED) is 0.492. The van der Waals surface area contributed by atoms with Crippen LogP contribution in [0.2, 0.25) is 0 Å². The lowest BCUT2D eigenvalue weighted by molar-refractivity contribution is 1.47. The first-order chi connectivity index (χ1) is 5.27. The van der Waals surface area contributed by atoms with Gasteiger partial charge in [-0.25, -0.2) is 0 Å². The highest BCUT2D eigenvalue weighted by atomic mass is 14.9. The van der Waals surface area contributed by atoms with Gasteiger partial charge in [-0.05, 0) is 12.1 Å². The van der Waals surface area contributed by atoms with E-state index < -0.39 is 0 Å². The Balaban J connectivity index is 2.90. The van der Waals surface area contributed by atoms with Crippen LogP contribution in [0.25, 0.3) is 10.9 Å². The largest absolute Gasteiger partial charge is 0.397 e. The number of benzene rings is 1. The average Bonchev–Trinajstić information content (AvgIpc) is 2.31. The molecule has 0 fully saturated rings. The van der Waals surface area contributed by atoms with Crippen molar-refractivity contribution >= 4 is 22.4 Å². The minimum atomic E-state index is 0.651. The van der Waals surface area contributed by atoms with Crippen molar-refractivity contribution in [2.75, 3.05) is 11.5 Å². The number of rotatable bonds is 0. The number of hydrogen-bond donors (Lipinski definition) is 3. The topological polar surface area (TPSA) is 67.8 Å². The van der Waals surface area contributed by atoms with Gasteiger partial charge in [-0.3, -0.25) is 0 Å². The zero-order chi connectivity index (χ0) is 7.84. The Morgan fingerprint density at radius 2 is 2.00 bits per heavy atom. The zero-order valence-electron chi connectivity index (χ0n) is 5.96. The summed E-state index contributed by atoms with van der Waals surface area (Å²) in [5.74, 6) is 0.651. The molecule has 0 unspecified atom stereocenters. The normalized spacial score (nSPS) is 10.5. The Morgan fingerprint density at radius 1 is 1.18 bits per heavy atom. The lowest BCUT2D eigenvalue weighted by atomic mass is 10.2. The van der Waals surface area contributed by atoms with Crippen molar-refractivity contribution in [1.29, 1.82) is 0 Å². The summed E-state index contributed by atoms with van der Waals surface area (Å²) in [6.45, 7) is 0. The molecule has 0 spiro atoms. The van der Waals surface area contributed by atoms with Crippen LogP contribution in [-0.4, -0.2) is 4.98 Å². The first-order valence-corrected chi connectivity index (χ1v) is 3.40. The van der Waals surface area contributed by atoms with Crippen LogP contribution in [0.1, 0.15) is 0 Å². The number of anilines is 2. The van der Waals surface area contributed by atoms with Crippen LogP contribution in [0.4, 0.5) is 11.5 Å². The van der Waals surface area contributed by atoms with Crippen molar-refractivity contribution in [3.8, 4) is 0 Å². The van der Waals surface area contributed by atoms with Crippen LogP contribution in [0.3, 0.4) is 0 Å². The molecule has 2 aromatic rings. The molecule has 2 rings (SSSR count). The van der Waals surface area contributed by atoms with Crippen molar-refractivity contribution < 1.29 is 0 Å². The number of aromatic nitrogens is 1. The molecule has 56 valence electrons. The van der Waals surface area contributed by atoms with Gasteiger partial charge in [-0.15, -0.1) is 0 Å². The van der Waals surface area contributed by atoms with E-state index in [0.29, 0.717) is 5.82 Å². The number of nitrogens with two attached hydrogens (primary N) is 2. The van der Waals surface area contributed by atoms with Gasteiger partial charge in [-0.2, -0.15) is 0 Å². The molecule has 0 atom stereocenters. The summed E-state index contributed by atoms with van der Waals surface area (Å²) < 4.78 is 0. The van der Waals surface area contributed by atoms with E-state index >= 15 is 0 Å². The molecular formula is C8H9N3. The lowest BCUT2D eigenvalue weighted by Crippen LogP contribution is -1.86. The van der Waals surface area contributed by atoms with E-state index in [2.05, 4.69) is 4.98 Å². The minimum Gasteiger partial charge on any atom is -0.397 e. The monoisotopic (exact) mass is 147 g/mol. The van der Waals surface area contributed by atoms with Crippen molar-refractivity contribution in [3.63, 3.8) is 0 Å². The summed E-state index contributed by atoms with van der Waals surface area (Å²) in [6, 6.07) is 7.59. The molecule has 0 saturated heterocycles. The SMILES string of the molecule is Nc1cc2cccc(N)c2[nH]1. The van der Waals surface area contributed by atoms with Crippen molar-refractivity contribution in [2.24, 2.45) is 0 Å². The first kappa shape index (κ1) is 6.09. The minimum absolute atomic E-state index is 0.651. The third-order valence-electron chi connectivity index (χ3n) is 1.71. The van der Waals surface area contributed by atoms with Crippen LogP contribution in [0.5, 0.6) is 0 Å². The highest BCUT2D eigenvalue weighted by molar-refractivity contribution is 5.92. The van der Waals surface area contributed by atoms with E-state index in [9.17, 15) is 0 Å². The van der Waals surface area contributed by atoms with Gasteiger partial charge in [0.05, 0.1) is 11.2 Å². The van der Waals surface area contributed by atoms with E-state index in [1.54, 1.807) is 0 Å². The summed E-state index contributed by atoms with van der Waals surface area (Å²) in [5, 5.41) is 1.06. The standard InChI is InChI=1S/C8H9N3/c9-6-3-1-2-5-4-7(10)11-8(5)6/h1-4,11H,9-10H2. The Morgan fingerprint density at radius 3 is 2.73 bits per heavy atom. The van der Waals surface area contributed by atoms with Crippen molar-refractivity contribution in [1.82, 2.24) is 4.98 Å². The maximum absolute atomic E-state index is 5.68. The third-order valence-corrected chi connectivity index (χ3v) is 1.71. The molecule has 5 N–H and O–H groups in total. The molecule has 0 amide bonds. The summed E-state index contributed by atoms with van der Waals surface area (Å²) in [4.78, 5) is 2.98. The molecule has 1 aromatic heterocycles. The first-order valence-electron chi connectivity index (χ1n) is 3.40. The summed E-state index contributed by atoms with van der Waals surface area (Å²) in [7, 11) is 0. The van der Waals surface area contributed by atoms with Crippen LogP contribution >= 0.6 is 0 Å². The highest BCUT2D eigenvalue weighted by Crippen LogP contribution is 2.21. The summed E-state index contributed by atoms with van der Waals surface area (Å²) >= 11 is 0. The molecule has 11 heavy (non-hydrogen) atoms. The molecule has 0 aliphatic rings. The molecule has 0 bridgehead atoms. The highest BCUT2D eigenvalue weighted by Gasteiger charge is 1.98. The fraction of sp³-hybridized carbons (Fsp3) is 0. The molecule has 1 heterocycles. The second-order valence-electron chi connectivity index (χ2n) is 2.54. The van der Waals surface area contributed by atoms with Crippen LogP contribution in [-0.2, 0) is 0 Å². The van der Waals surface area contributed by atoms with E-state index in [-0.39, 0.29) is 0 Å². The van der Waals surface area contributed by atoms with Gasteiger partial charge >= 0.3 is 0 Å². The molecule has 0 aliphatic carbocycles. The predicted molar refractivity (Wildman–Crippen MR) is 47.1 cm³/mol. The van der Waals surface area contributed by atoms with Gasteiger partial charge in [0.2, 0.25) is 0 Å². The molecule has 0 aliphatic heterocycles. The molecule has 1 aromatic carbocycles. The molecule has 3 nitrogen and oxygen atoms in total. The predicted octanol–water partition coefficient (Wildman–Crippen LogP) is 1.33. The number of aromatic amines is 1. The molecule has 3 heteroatoms. The maximum atomic E-state index is 5.68. The van der Waals surface area contributed by atoms with Gasteiger partial charge in [0, 0.05) is 5.39 Å². The van der Waals surface area contributed by atoms with Gasteiger partial charge in [-0.1, -0.05) is 12.1 Å². The third kappa shape index (κ3) is 0.816. The smallest absolute Gasteiger partial charge is 0.101 e. The van der Waals surface area contributed by atoms with Gasteiger partial charge < -0.3 is 16.5 Å². The van der Waals surface area contributed by atoms with Crippen molar-refractivity contribution in [3.05, 3.63) is 24.3 Å². The van der Waals surface area contributed by atoms with Crippen LogP contribution in [0.15, 0.2) is 24.3 Å². The Hall–Kier alpha value is -1.64. The summed E-state index contributed by atoms with van der Waals surface area (Å²) in [6.07, 6.45) is 0. The number of hydrogen-bond acceptors (Lipinski definition) is 2. The number of para-hydroxylation sites is 1. The number of nitrogens with one attached hydrogen (secondary N) is 1. The summed E-state index contributed by atoms with van der Waals surface area (Å²) in [5.41, 5.74) is 12.9. The van der Waals surface area contributed by atoms with E-state index in [0.717, 1.165) is 16.6 Å². The Labute approximate surface area is 64.0 Å². The van der Waals surface area contributed by atoms with E-state index in [1.807, 2.05) is 24.3 Å². The van der Waals surface area contributed by atoms with Crippen LogP contribution in [0, 0.1) is 0 Å². The zero-order valence-corrected chi connectivity index (χ0v) is 5.96. The van der Waals surface area contributed by atoms with Crippen LogP contribution < -0.4 is 11.5 Å². The van der Waals surface area contributed by atoms with Crippen molar-refractivity contribution in [2.45, 2.75) is 0 Å². The van der Waals surface area contributed by atoms with E-state index in [4.69, 9.17) is 11.5 Å². The second kappa shape index (κ2) is 1.92. The van der Waals surface area contributed by atoms with E-state index in [1.165, 1.54) is 0 Å². The Kier molecular flexibility index (Phi) is 1.06. The van der Waals surface area contributed by atoms with Gasteiger partial charge in [0.15, 0.2) is 0 Å². The molecular weight excluding hydrogens is 138 g/mol. The van der Waals surface area contributed by atoms with Gasteiger partial charge in [0.1, 0.15) is 5.82 Å². The fourth-order valence-electron chi connectivity index (χ4n) is 1.20. The van der Waals surface area contributed by atoms with Gasteiger partial charge in [0.25, 0.3) is 0 Å². The molecule has 0 radical (unpaired) electrons. The fourth-order valence-corrected chi connectivity index (χ4v) is 1.20. The number of nitrogen functional groups attached to an aromatic ring is 2. The molecule has 0 saturated carbocycles. The maximum Gasteiger partial charge on any atom is 0.101 e. The lowest BCUT2D eigenvalue weighted by Gasteiger charge is -1.92.